The van der Waals surface area contributed by atoms with Crippen LogP contribution in [-0.2, 0) is 0 Å². The molecule has 1 aromatic heterocycles. The summed E-state index contributed by atoms with van der Waals surface area (Å²) in [5.74, 6) is 1.50. The van der Waals surface area contributed by atoms with Crippen LogP contribution in [-0.4, -0.2) is 22.3 Å². The zero-order chi connectivity index (χ0) is 9.84. The van der Waals surface area contributed by atoms with Gasteiger partial charge in [0.05, 0.1) is 11.7 Å². The molecule has 0 aromatic carbocycles. The quantitative estimate of drug-likeness (QED) is 0.780. The number of aromatic nitrogens is 2. The van der Waals surface area contributed by atoms with E-state index in [2.05, 4.69) is 22.6 Å². The molecular formula is C8H14ClN3S. The minimum Gasteiger partial charge on any atom is -0.356 e. The van der Waals surface area contributed by atoms with Gasteiger partial charge in [-0.3, -0.25) is 0 Å². The zero-order valence-electron chi connectivity index (χ0n) is 8.12. The summed E-state index contributed by atoms with van der Waals surface area (Å²) in [6, 6.07) is 0. The first-order valence-corrected chi connectivity index (χ1v) is 5.41. The molecule has 74 valence electrons. The monoisotopic (exact) mass is 219 g/mol. The predicted molar refractivity (Wildman–Crippen MR) is 57.6 cm³/mol. The molecule has 0 unspecified atom stereocenters. The minimum absolute atomic E-state index is 0.510. The van der Waals surface area contributed by atoms with E-state index in [1.807, 2.05) is 11.9 Å². The highest BCUT2D eigenvalue weighted by atomic mass is 35.5. The van der Waals surface area contributed by atoms with Crippen molar-refractivity contribution in [2.45, 2.75) is 20.3 Å². The Bertz CT molecular complexity index is 262. The highest BCUT2D eigenvalue weighted by Gasteiger charge is 2.10. The first-order valence-electron chi connectivity index (χ1n) is 4.30. The van der Waals surface area contributed by atoms with E-state index < -0.39 is 0 Å². The van der Waals surface area contributed by atoms with Crippen molar-refractivity contribution in [2.24, 2.45) is 5.92 Å². The Morgan fingerprint density at radius 2 is 2.15 bits per heavy atom. The number of nitrogens with zero attached hydrogens (tertiary/aromatic N) is 3. The average molecular weight is 220 g/mol. The second kappa shape index (κ2) is 4.77. The van der Waals surface area contributed by atoms with Gasteiger partial charge in [-0.2, -0.15) is 8.75 Å². The maximum Gasteiger partial charge on any atom is 0.187 e. The zero-order valence-corrected chi connectivity index (χ0v) is 9.69. The maximum absolute atomic E-state index is 5.85. The lowest BCUT2D eigenvalue weighted by Gasteiger charge is -2.17. The molecule has 0 aliphatic heterocycles. The molecule has 1 aromatic rings. The van der Waals surface area contributed by atoms with E-state index in [1.165, 1.54) is 0 Å². The second-order valence-corrected chi connectivity index (χ2v) is 4.37. The van der Waals surface area contributed by atoms with Gasteiger partial charge in [-0.15, -0.1) is 0 Å². The van der Waals surface area contributed by atoms with Gasteiger partial charge in [-0.1, -0.05) is 25.4 Å². The summed E-state index contributed by atoms with van der Waals surface area (Å²) < 4.78 is 8.04. The molecule has 5 heteroatoms. The maximum atomic E-state index is 5.85. The van der Waals surface area contributed by atoms with Crippen LogP contribution >= 0.6 is 23.3 Å². The van der Waals surface area contributed by atoms with Crippen molar-refractivity contribution in [2.75, 3.05) is 18.5 Å². The summed E-state index contributed by atoms with van der Waals surface area (Å²) in [4.78, 5) is 2.05. The van der Waals surface area contributed by atoms with E-state index in [0.29, 0.717) is 11.1 Å². The molecule has 0 bridgehead atoms. The second-order valence-electron chi connectivity index (χ2n) is 3.48. The van der Waals surface area contributed by atoms with Crippen LogP contribution < -0.4 is 4.90 Å². The van der Waals surface area contributed by atoms with E-state index in [0.717, 1.165) is 30.5 Å². The van der Waals surface area contributed by atoms with Crippen molar-refractivity contribution in [3.8, 4) is 0 Å². The molecule has 1 heterocycles. The molecule has 0 aliphatic carbocycles. The molecule has 0 aliphatic rings. The summed E-state index contributed by atoms with van der Waals surface area (Å²) in [5.41, 5.74) is 0. The molecule has 0 fully saturated rings. The van der Waals surface area contributed by atoms with E-state index in [9.17, 15) is 0 Å². The number of hydrogen-bond acceptors (Lipinski definition) is 4. The Balaban J connectivity index is 2.49. The fourth-order valence-corrected chi connectivity index (χ4v) is 1.78. The van der Waals surface area contributed by atoms with Gasteiger partial charge < -0.3 is 4.90 Å². The first kappa shape index (κ1) is 10.7. The van der Waals surface area contributed by atoms with Gasteiger partial charge in [-0.05, 0) is 12.3 Å². The summed E-state index contributed by atoms with van der Waals surface area (Å²) in [5, 5.41) is 0.510. The van der Waals surface area contributed by atoms with Crippen LogP contribution in [0.3, 0.4) is 0 Å². The standard InChI is InChI=1S/C8H14ClN3S/c1-6(2)4-5-12(3)8-7(9)10-13-11-8/h6H,4-5H2,1-3H3. The number of anilines is 1. The summed E-state index contributed by atoms with van der Waals surface area (Å²) in [6.07, 6.45) is 1.14. The topological polar surface area (TPSA) is 29.0 Å². The van der Waals surface area contributed by atoms with Gasteiger partial charge in [0.15, 0.2) is 11.0 Å². The van der Waals surface area contributed by atoms with Crippen molar-refractivity contribution in [1.82, 2.24) is 8.75 Å². The Labute approximate surface area is 88.0 Å². The van der Waals surface area contributed by atoms with Crippen LogP contribution in [0.1, 0.15) is 20.3 Å². The molecule has 0 saturated heterocycles. The first-order chi connectivity index (χ1) is 6.11. The Kier molecular flexibility index (Phi) is 3.93. The highest BCUT2D eigenvalue weighted by Crippen LogP contribution is 2.21. The smallest absolute Gasteiger partial charge is 0.187 e. The number of hydrogen-bond donors (Lipinski definition) is 0. The van der Waals surface area contributed by atoms with Crippen molar-refractivity contribution >= 4 is 29.1 Å². The fraction of sp³-hybridized carbons (Fsp3) is 0.750. The normalized spacial score (nSPS) is 10.8. The average Bonchev–Trinajstić information content (AvgIpc) is 2.47. The lowest BCUT2D eigenvalue weighted by molar-refractivity contribution is 0.584. The Hall–Kier alpha value is -0.350. The van der Waals surface area contributed by atoms with Crippen molar-refractivity contribution < 1.29 is 0 Å². The third-order valence-corrected chi connectivity index (χ3v) is 2.71. The van der Waals surface area contributed by atoms with Gasteiger partial charge in [-0.25, -0.2) is 0 Å². The van der Waals surface area contributed by atoms with Gasteiger partial charge in [0, 0.05) is 13.6 Å². The van der Waals surface area contributed by atoms with Crippen molar-refractivity contribution in [3.63, 3.8) is 0 Å². The molecule has 0 spiro atoms. The molecule has 0 N–H and O–H groups in total. The Morgan fingerprint density at radius 1 is 1.46 bits per heavy atom. The van der Waals surface area contributed by atoms with Crippen LogP contribution in [0.25, 0.3) is 0 Å². The summed E-state index contributed by atoms with van der Waals surface area (Å²) >= 11 is 7.00. The van der Waals surface area contributed by atoms with E-state index >= 15 is 0 Å². The number of halogens is 1. The van der Waals surface area contributed by atoms with Crippen molar-refractivity contribution in [1.29, 1.82) is 0 Å². The molecule has 0 radical (unpaired) electrons. The lowest BCUT2D eigenvalue weighted by Crippen LogP contribution is -2.20. The largest absolute Gasteiger partial charge is 0.356 e. The minimum atomic E-state index is 0.510. The van der Waals surface area contributed by atoms with Gasteiger partial charge in [0.1, 0.15) is 0 Å². The van der Waals surface area contributed by atoms with Crippen LogP contribution in [0.15, 0.2) is 0 Å². The fourth-order valence-electron chi connectivity index (χ4n) is 0.958. The van der Waals surface area contributed by atoms with E-state index in [-0.39, 0.29) is 0 Å². The third kappa shape index (κ3) is 3.12. The molecule has 0 saturated carbocycles. The van der Waals surface area contributed by atoms with Crippen LogP contribution in [0, 0.1) is 5.92 Å². The third-order valence-electron chi connectivity index (χ3n) is 1.84. The van der Waals surface area contributed by atoms with Crippen LogP contribution in [0.2, 0.25) is 5.15 Å². The highest BCUT2D eigenvalue weighted by molar-refractivity contribution is 6.99. The SMILES string of the molecule is CC(C)CCN(C)c1nsnc1Cl. The molecule has 1 rings (SSSR count). The van der Waals surface area contributed by atoms with E-state index in [1.54, 1.807) is 0 Å². The summed E-state index contributed by atoms with van der Waals surface area (Å²) in [7, 11) is 1.99. The van der Waals surface area contributed by atoms with Gasteiger partial charge >= 0.3 is 0 Å². The Morgan fingerprint density at radius 3 is 2.62 bits per heavy atom. The molecule has 13 heavy (non-hydrogen) atoms. The van der Waals surface area contributed by atoms with E-state index in [4.69, 9.17) is 11.6 Å². The van der Waals surface area contributed by atoms with Gasteiger partial charge in [0.25, 0.3) is 0 Å². The predicted octanol–water partition coefficient (Wildman–Crippen LogP) is 2.67. The molecule has 0 atom stereocenters. The van der Waals surface area contributed by atoms with Crippen molar-refractivity contribution in [3.05, 3.63) is 5.15 Å². The molecule has 3 nitrogen and oxygen atoms in total. The lowest BCUT2D eigenvalue weighted by atomic mass is 10.1. The van der Waals surface area contributed by atoms with Crippen LogP contribution in [0.5, 0.6) is 0 Å². The molecular weight excluding hydrogens is 206 g/mol. The molecule has 0 amide bonds. The number of rotatable bonds is 4. The van der Waals surface area contributed by atoms with Gasteiger partial charge in [0.2, 0.25) is 0 Å². The van der Waals surface area contributed by atoms with Crippen LogP contribution in [0.4, 0.5) is 5.82 Å². The summed E-state index contributed by atoms with van der Waals surface area (Å²) in [6.45, 7) is 5.38.